The summed E-state index contributed by atoms with van der Waals surface area (Å²) in [6.07, 6.45) is 2.27. The molecule has 3 N–H and O–H groups in total. The van der Waals surface area contributed by atoms with Crippen molar-refractivity contribution in [2.45, 2.75) is 25.3 Å². The number of nitrogens with zero attached hydrogens (tertiary/aromatic N) is 3. The third kappa shape index (κ3) is 4.17. The summed E-state index contributed by atoms with van der Waals surface area (Å²) in [6.45, 7) is 0.928. The van der Waals surface area contributed by atoms with E-state index in [0.717, 1.165) is 24.1 Å². The third-order valence-electron chi connectivity index (χ3n) is 3.76. The van der Waals surface area contributed by atoms with Crippen molar-refractivity contribution in [3.63, 3.8) is 0 Å². The highest BCUT2D eigenvalue weighted by Crippen LogP contribution is 2.39. The average Bonchev–Trinajstić information content (AvgIpc) is 3.43. The molecule has 8 heteroatoms. The number of aliphatic hydroxyl groups excluding tert-OH is 1. The fraction of sp³-hybridized carbons (Fsp3) is 0.375. The number of nitro groups is 1. The fourth-order valence-electron chi connectivity index (χ4n) is 2.32. The summed E-state index contributed by atoms with van der Waals surface area (Å²) in [4.78, 5) is 19.1. The minimum Gasteiger partial charge on any atom is -0.395 e. The van der Waals surface area contributed by atoms with Crippen LogP contribution in [0.4, 0.5) is 17.5 Å². The quantitative estimate of drug-likeness (QED) is 0.503. The topological polar surface area (TPSA) is 113 Å². The standard InChI is InChI=1S/C16H19N5O3/c22-8-7-17-16-19-14(12-3-4-12)9-15(20-16)18-10-11-1-5-13(6-2-11)21(23)24/h1-2,5-6,9,12,22H,3-4,7-8,10H2,(H2,17,18,19,20). The number of nitrogens with one attached hydrogen (secondary N) is 2. The van der Waals surface area contributed by atoms with Gasteiger partial charge in [0, 0.05) is 37.2 Å². The Bertz CT molecular complexity index is 716. The maximum absolute atomic E-state index is 10.7. The third-order valence-corrected chi connectivity index (χ3v) is 3.76. The predicted octanol–water partition coefficient (Wildman–Crippen LogP) is 2.28. The summed E-state index contributed by atoms with van der Waals surface area (Å²) >= 11 is 0. The number of rotatable bonds is 8. The van der Waals surface area contributed by atoms with E-state index in [1.807, 2.05) is 6.07 Å². The van der Waals surface area contributed by atoms with Crippen molar-refractivity contribution in [2.75, 3.05) is 23.8 Å². The molecule has 0 radical (unpaired) electrons. The van der Waals surface area contributed by atoms with E-state index < -0.39 is 4.92 Å². The Kier molecular flexibility index (Phi) is 4.85. The van der Waals surface area contributed by atoms with Gasteiger partial charge < -0.3 is 15.7 Å². The van der Waals surface area contributed by atoms with Crippen LogP contribution in [0.2, 0.25) is 0 Å². The van der Waals surface area contributed by atoms with E-state index in [-0.39, 0.29) is 12.3 Å². The molecule has 8 nitrogen and oxygen atoms in total. The van der Waals surface area contributed by atoms with Crippen molar-refractivity contribution in [2.24, 2.45) is 0 Å². The highest BCUT2D eigenvalue weighted by Gasteiger charge is 2.26. The van der Waals surface area contributed by atoms with Gasteiger partial charge in [-0.25, -0.2) is 4.98 Å². The second kappa shape index (κ2) is 7.22. The van der Waals surface area contributed by atoms with Gasteiger partial charge in [0.15, 0.2) is 0 Å². The smallest absolute Gasteiger partial charge is 0.269 e. The van der Waals surface area contributed by atoms with Gasteiger partial charge in [-0.2, -0.15) is 4.98 Å². The van der Waals surface area contributed by atoms with Crippen LogP contribution >= 0.6 is 0 Å². The second-order valence-electron chi connectivity index (χ2n) is 5.70. The van der Waals surface area contributed by atoms with Crippen LogP contribution in [0.3, 0.4) is 0 Å². The van der Waals surface area contributed by atoms with Gasteiger partial charge in [-0.1, -0.05) is 12.1 Å². The number of anilines is 2. The van der Waals surface area contributed by atoms with Crippen LogP contribution in [0.15, 0.2) is 30.3 Å². The SMILES string of the molecule is O=[N+]([O-])c1ccc(CNc2cc(C3CC3)nc(NCCO)n2)cc1. The predicted molar refractivity (Wildman–Crippen MR) is 90.0 cm³/mol. The molecule has 0 atom stereocenters. The maximum atomic E-state index is 10.7. The Hall–Kier alpha value is -2.74. The normalized spacial score (nSPS) is 13.5. The van der Waals surface area contributed by atoms with Gasteiger partial charge in [0.2, 0.25) is 5.95 Å². The lowest BCUT2D eigenvalue weighted by atomic mass is 10.2. The Morgan fingerprint density at radius 2 is 1.96 bits per heavy atom. The Morgan fingerprint density at radius 1 is 1.21 bits per heavy atom. The van der Waals surface area contributed by atoms with E-state index in [1.54, 1.807) is 12.1 Å². The van der Waals surface area contributed by atoms with Crippen LogP contribution in [0.25, 0.3) is 0 Å². The molecule has 1 aliphatic rings. The Morgan fingerprint density at radius 3 is 2.58 bits per heavy atom. The first-order valence-corrected chi connectivity index (χ1v) is 7.86. The zero-order chi connectivity index (χ0) is 16.9. The van der Waals surface area contributed by atoms with E-state index in [0.29, 0.717) is 30.8 Å². The highest BCUT2D eigenvalue weighted by atomic mass is 16.6. The Labute approximate surface area is 139 Å². The van der Waals surface area contributed by atoms with Gasteiger partial charge in [0.1, 0.15) is 5.82 Å². The molecule has 126 valence electrons. The number of aromatic nitrogens is 2. The number of aliphatic hydroxyl groups is 1. The van der Waals surface area contributed by atoms with Gasteiger partial charge in [0.05, 0.1) is 17.2 Å². The first-order chi connectivity index (χ1) is 11.7. The molecule has 0 aliphatic heterocycles. The highest BCUT2D eigenvalue weighted by molar-refractivity contribution is 5.45. The molecule has 0 bridgehead atoms. The van der Waals surface area contributed by atoms with Gasteiger partial charge in [-0.3, -0.25) is 10.1 Å². The lowest BCUT2D eigenvalue weighted by molar-refractivity contribution is -0.384. The first-order valence-electron chi connectivity index (χ1n) is 7.86. The second-order valence-corrected chi connectivity index (χ2v) is 5.70. The molecule has 0 unspecified atom stereocenters. The zero-order valence-electron chi connectivity index (χ0n) is 13.1. The molecular weight excluding hydrogens is 310 g/mol. The van der Waals surface area contributed by atoms with Crippen molar-refractivity contribution in [1.82, 2.24) is 9.97 Å². The average molecular weight is 329 g/mol. The zero-order valence-corrected chi connectivity index (χ0v) is 13.1. The summed E-state index contributed by atoms with van der Waals surface area (Å²) < 4.78 is 0. The number of non-ortho nitro benzene ring substituents is 1. The summed E-state index contributed by atoms with van der Waals surface area (Å²) in [5.74, 6) is 1.69. The van der Waals surface area contributed by atoms with Crippen molar-refractivity contribution >= 4 is 17.5 Å². The molecule has 1 aromatic heterocycles. The van der Waals surface area contributed by atoms with Crippen molar-refractivity contribution < 1.29 is 10.0 Å². The minimum absolute atomic E-state index is 0.0164. The molecule has 1 saturated carbocycles. The van der Waals surface area contributed by atoms with Crippen LogP contribution in [0.5, 0.6) is 0 Å². The van der Waals surface area contributed by atoms with Crippen LogP contribution < -0.4 is 10.6 Å². The molecule has 1 aliphatic carbocycles. The summed E-state index contributed by atoms with van der Waals surface area (Å²) in [5, 5.41) is 25.8. The first kappa shape index (κ1) is 16.1. The Balaban J connectivity index is 1.69. The maximum Gasteiger partial charge on any atom is 0.269 e. The van der Waals surface area contributed by atoms with Crippen molar-refractivity contribution in [3.05, 3.63) is 51.7 Å². The summed E-state index contributed by atoms with van der Waals surface area (Å²) in [6, 6.07) is 8.35. The molecule has 0 saturated heterocycles. The summed E-state index contributed by atoms with van der Waals surface area (Å²) in [5.41, 5.74) is 2.00. The van der Waals surface area contributed by atoms with Gasteiger partial charge >= 0.3 is 0 Å². The van der Waals surface area contributed by atoms with Crippen LogP contribution in [0, 0.1) is 10.1 Å². The molecule has 1 heterocycles. The lowest BCUT2D eigenvalue weighted by Crippen LogP contribution is -2.11. The number of benzene rings is 1. The molecule has 0 spiro atoms. The monoisotopic (exact) mass is 329 g/mol. The van der Waals surface area contributed by atoms with E-state index in [2.05, 4.69) is 20.6 Å². The van der Waals surface area contributed by atoms with Crippen LogP contribution in [-0.4, -0.2) is 33.1 Å². The van der Waals surface area contributed by atoms with Gasteiger partial charge in [-0.05, 0) is 18.4 Å². The molecule has 24 heavy (non-hydrogen) atoms. The molecule has 2 aromatic rings. The van der Waals surface area contributed by atoms with E-state index in [9.17, 15) is 10.1 Å². The molecule has 0 amide bonds. The number of hydrogen-bond donors (Lipinski definition) is 3. The van der Waals surface area contributed by atoms with E-state index in [1.165, 1.54) is 12.1 Å². The van der Waals surface area contributed by atoms with Gasteiger partial charge in [-0.15, -0.1) is 0 Å². The van der Waals surface area contributed by atoms with Crippen LogP contribution in [0.1, 0.15) is 30.0 Å². The van der Waals surface area contributed by atoms with Crippen LogP contribution in [-0.2, 0) is 6.54 Å². The van der Waals surface area contributed by atoms with Crippen molar-refractivity contribution in [3.8, 4) is 0 Å². The minimum atomic E-state index is -0.414. The fourth-order valence-corrected chi connectivity index (χ4v) is 2.32. The number of hydrogen-bond acceptors (Lipinski definition) is 7. The van der Waals surface area contributed by atoms with Gasteiger partial charge in [0.25, 0.3) is 5.69 Å². The molecular formula is C16H19N5O3. The molecule has 1 aromatic carbocycles. The largest absolute Gasteiger partial charge is 0.395 e. The van der Waals surface area contributed by atoms with E-state index in [4.69, 9.17) is 5.11 Å². The molecule has 3 rings (SSSR count). The summed E-state index contributed by atoms with van der Waals surface area (Å²) in [7, 11) is 0. The molecule has 1 fully saturated rings. The van der Waals surface area contributed by atoms with Crippen molar-refractivity contribution in [1.29, 1.82) is 0 Å². The van der Waals surface area contributed by atoms with E-state index >= 15 is 0 Å². The lowest BCUT2D eigenvalue weighted by Gasteiger charge is -2.10. The number of nitro benzene ring substituents is 1.